The molecule has 1 heterocycles. The normalized spacial score (nSPS) is 17.5. The summed E-state index contributed by atoms with van der Waals surface area (Å²) >= 11 is 0. The summed E-state index contributed by atoms with van der Waals surface area (Å²) in [7, 11) is -3.62. The molecule has 0 radical (unpaired) electrons. The van der Waals surface area contributed by atoms with Crippen molar-refractivity contribution in [1.29, 1.82) is 0 Å². The highest BCUT2D eigenvalue weighted by atomic mass is 32.2. The fourth-order valence-electron chi connectivity index (χ4n) is 3.98. The summed E-state index contributed by atoms with van der Waals surface area (Å²) in [6.45, 7) is 5.78. The zero-order chi connectivity index (χ0) is 21.9. The maximum Gasteiger partial charge on any atom is 0.241 e. The molecule has 162 valence electrons. The first-order valence-electron chi connectivity index (χ1n) is 10.3. The van der Waals surface area contributed by atoms with Gasteiger partial charge in [0.1, 0.15) is 17.9 Å². The summed E-state index contributed by atoms with van der Waals surface area (Å²) in [6, 6.07) is 14.6. The molecule has 2 aromatic rings. The smallest absolute Gasteiger partial charge is 0.241 e. The average molecular weight is 431 g/mol. The van der Waals surface area contributed by atoms with Crippen LogP contribution in [-0.4, -0.2) is 32.7 Å². The van der Waals surface area contributed by atoms with Crippen molar-refractivity contribution >= 4 is 21.6 Å². The number of hydrogen-bond acceptors (Lipinski definition) is 4. The number of ether oxygens (including phenoxy) is 1. The van der Waals surface area contributed by atoms with Crippen molar-refractivity contribution in [3.05, 3.63) is 59.7 Å². The Morgan fingerprint density at radius 1 is 1.17 bits per heavy atom. The molecule has 1 aliphatic rings. The van der Waals surface area contributed by atoms with Crippen molar-refractivity contribution in [2.75, 3.05) is 17.1 Å². The van der Waals surface area contributed by atoms with Crippen molar-refractivity contribution in [2.24, 2.45) is 0 Å². The summed E-state index contributed by atoms with van der Waals surface area (Å²) in [5.74, 6) is 0.432. The highest BCUT2D eigenvalue weighted by Crippen LogP contribution is 2.42. The van der Waals surface area contributed by atoms with E-state index in [1.165, 1.54) is 0 Å². The molecule has 0 fully saturated rings. The van der Waals surface area contributed by atoms with Crippen LogP contribution in [0.2, 0.25) is 0 Å². The highest BCUT2D eigenvalue weighted by molar-refractivity contribution is 7.92. The van der Waals surface area contributed by atoms with Gasteiger partial charge in [-0.15, -0.1) is 0 Å². The number of benzene rings is 2. The molecule has 1 N–H and O–H groups in total. The van der Waals surface area contributed by atoms with Crippen LogP contribution >= 0.6 is 0 Å². The molecule has 0 aromatic heterocycles. The van der Waals surface area contributed by atoms with Gasteiger partial charge in [0.15, 0.2) is 0 Å². The molecular weight excluding hydrogens is 400 g/mol. The lowest BCUT2D eigenvalue weighted by atomic mass is 9.83. The first kappa shape index (κ1) is 22.2. The number of nitrogens with zero attached hydrogens (tertiary/aromatic N) is 1. The second-order valence-electron chi connectivity index (χ2n) is 7.96. The van der Waals surface area contributed by atoms with E-state index >= 15 is 0 Å². The van der Waals surface area contributed by atoms with Gasteiger partial charge in [0.2, 0.25) is 15.9 Å². The van der Waals surface area contributed by atoms with Crippen LogP contribution < -0.4 is 14.4 Å². The van der Waals surface area contributed by atoms with E-state index in [0.29, 0.717) is 12.1 Å². The van der Waals surface area contributed by atoms with Crippen LogP contribution in [0.25, 0.3) is 0 Å². The Labute approximate surface area is 179 Å². The zero-order valence-electron chi connectivity index (χ0n) is 18.0. The quantitative estimate of drug-likeness (QED) is 0.721. The molecule has 0 unspecified atom stereocenters. The summed E-state index contributed by atoms with van der Waals surface area (Å²) in [6.07, 6.45) is 3.41. The van der Waals surface area contributed by atoms with Crippen LogP contribution in [-0.2, 0) is 14.8 Å². The first-order valence-corrected chi connectivity index (χ1v) is 12.1. The van der Waals surface area contributed by atoms with E-state index < -0.39 is 10.0 Å². The van der Waals surface area contributed by atoms with Gasteiger partial charge < -0.3 is 10.1 Å². The summed E-state index contributed by atoms with van der Waals surface area (Å²) in [4.78, 5) is 13.0. The maximum atomic E-state index is 13.0. The van der Waals surface area contributed by atoms with Crippen LogP contribution in [0.15, 0.2) is 48.5 Å². The van der Waals surface area contributed by atoms with E-state index in [0.717, 1.165) is 40.3 Å². The zero-order valence-corrected chi connectivity index (χ0v) is 18.8. The predicted molar refractivity (Wildman–Crippen MR) is 119 cm³/mol. The van der Waals surface area contributed by atoms with Gasteiger partial charge in [0.25, 0.3) is 0 Å². The number of nitrogens with one attached hydrogen (secondary N) is 1. The second kappa shape index (κ2) is 8.68. The Morgan fingerprint density at radius 2 is 1.87 bits per heavy atom. The molecule has 0 saturated heterocycles. The number of amides is 1. The molecule has 0 saturated carbocycles. The Bertz CT molecular complexity index is 1020. The molecule has 1 amide bonds. The molecule has 0 aliphatic carbocycles. The predicted octanol–water partition coefficient (Wildman–Crippen LogP) is 3.96. The van der Waals surface area contributed by atoms with Crippen molar-refractivity contribution in [3.8, 4) is 5.75 Å². The molecule has 7 heteroatoms. The molecule has 30 heavy (non-hydrogen) atoms. The SMILES string of the molecule is CCC1(CC)C[C@H](NC(=O)CN(c2cccc(C)c2)S(C)(=O)=O)c2ccccc2O1. The number of fused-ring (bicyclic) bond motifs is 1. The fourth-order valence-corrected chi connectivity index (χ4v) is 4.83. The number of carbonyl (C=O) groups excluding carboxylic acids is 1. The standard InChI is InChI=1S/C23H30N2O4S/c1-5-23(6-2)15-20(19-12-7-8-13-21(19)29-23)24-22(26)16-25(30(4,27)28)18-11-9-10-17(3)14-18/h7-14,20H,5-6,15-16H2,1-4H3,(H,24,26)/t20-/m0/s1. The number of carbonyl (C=O) groups is 1. The number of aryl methyl sites for hydroxylation is 1. The molecule has 1 aliphatic heterocycles. The molecule has 6 nitrogen and oxygen atoms in total. The minimum atomic E-state index is -3.62. The van der Waals surface area contributed by atoms with E-state index in [-0.39, 0.29) is 24.1 Å². The van der Waals surface area contributed by atoms with Crippen molar-refractivity contribution in [3.63, 3.8) is 0 Å². The number of anilines is 1. The van der Waals surface area contributed by atoms with Crippen molar-refractivity contribution < 1.29 is 17.9 Å². The largest absolute Gasteiger partial charge is 0.487 e. The lowest BCUT2D eigenvalue weighted by Crippen LogP contribution is -2.47. The van der Waals surface area contributed by atoms with Crippen molar-refractivity contribution in [2.45, 2.75) is 51.7 Å². The third kappa shape index (κ3) is 4.78. The third-order valence-electron chi connectivity index (χ3n) is 5.80. The van der Waals surface area contributed by atoms with Crippen molar-refractivity contribution in [1.82, 2.24) is 5.32 Å². The fraction of sp³-hybridized carbons (Fsp3) is 0.435. The molecule has 0 spiro atoms. The van der Waals surface area contributed by atoms with Gasteiger partial charge in [-0.3, -0.25) is 9.10 Å². The average Bonchev–Trinajstić information content (AvgIpc) is 2.71. The van der Waals surface area contributed by atoms with Crippen LogP contribution in [0.4, 0.5) is 5.69 Å². The van der Waals surface area contributed by atoms with Crippen LogP contribution in [0, 0.1) is 6.92 Å². The summed E-state index contributed by atoms with van der Waals surface area (Å²) in [5, 5.41) is 3.06. The van der Waals surface area contributed by atoms with E-state index in [9.17, 15) is 13.2 Å². The molecular formula is C23H30N2O4S. The topological polar surface area (TPSA) is 75.7 Å². The minimum absolute atomic E-state index is 0.235. The lowest BCUT2D eigenvalue weighted by molar-refractivity contribution is -0.121. The number of rotatable bonds is 7. The number of hydrogen-bond donors (Lipinski definition) is 1. The Balaban J connectivity index is 1.85. The number of para-hydroxylation sites is 1. The van der Waals surface area contributed by atoms with Gasteiger partial charge in [-0.2, -0.15) is 0 Å². The maximum absolute atomic E-state index is 13.0. The van der Waals surface area contributed by atoms with E-state index in [1.54, 1.807) is 18.2 Å². The number of sulfonamides is 1. The van der Waals surface area contributed by atoms with Gasteiger partial charge in [0.05, 0.1) is 18.0 Å². The van der Waals surface area contributed by atoms with Gasteiger partial charge in [-0.1, -0.05) is 44.2 Å². The molecule has 2 aromatic carbocycles. The molecule has 0 bridgehead atoms. The Hall–Kier alpha value is -2.54. The Morgan fingerprint density at radius 3 is 2.50 bits per heavy atom. The van der Waals surface area contributed by atoms with E-state index in [4.69, 9.17) is 4.74 Å². The third-order valence-corrected chi connectivity index (χ3v) is 6.94. The van der Waals surface area contributed by atoms with Gasteiger partial charge in [-0.05, 0) is 43.5 Å². The van der Waals surface area contributed by atoms with Crippen LogP contribution in [0.3, 0.4) is 0 Å². The first-order chi connectivity index (χ1) is 14.2. The van der Waals surface area contributed by atoms with Crippen LogP contribution in [0.1, 0.15) is 50.3 Å². The van der Waals surface area contributed by atoms with Crippen LogP contribution in [0.5, 0.6) is 5.75 Å². The monoisotopic (exact) mass is 430 g/mol. The molecule has 3 rings (SSSR count). The van der Waals surface area contributed by atoms with Gasteiger partial charge in [0, 0.05) is 12.0 Å². The molecule has 1 atom stereocenters. The van der Waals surface area contributed by atoms with E-state index in [2.05, 4.69) is 19.2 Å². The van der Waals surface area contributed by atoms with Gasteiger partial charge >= 0.3 is 0 Å². The van der Waals surface area contributed by atoms with Gasteiger partial charge in [-0.25, -0.2) is 8.42 Å². The minimum Gasteiger partial charge on any atom is -0.487 e. The summed E-state index contributed by atoms with van der Waals surface area (Å²) in [5.41, 5.74) is 1.98. The second-order valence-corrected chi connectivity index (χ2v) is 9.87. The highest BCUT2D eigenvalue weighted by Gasteiger charge is 2.39. The van der Waals surface area contributed by atoms with E-state index in [1.807, 2.05) is 37.3 Å². The Kier molecular flexibility index (Phi) is 6.41. The summed E-state index contributed by atoms with van der Waals surface area (Å²) < 4.78 is 32.2. The lowest BCUT2D eigenvalue weighted by Gasteiger charge is -2.41.